The Balaban J connectivity index is 2.30. The fourth-order valence-corrected chi connectivity index (χ4v) is 1.34. The Labute approximate surface area is 98.0 Å². The number of aromatic nitrogens is 2. The Morgan fingerprint density at radius 1 is 1.53 bits per heavy atom. The minimum atomic E-state index is -0.651. The van der Waals surface area contributed by atoms with E-state index in [4.69, 9.17) is 20.1 Å². The van der Waals surface area contributed by atoms with Crippen LogP contribution in [0.3, 0.4) is 0 Å². The number of rotatable bonds is 4. The maximum atomic E-state index is 8.88. The lowest BCUT2D eigenvalue weighted by atomic mass is 10.2. The molecule has 0 spiro atoms. The van der Waals surface area contributed by atoms with Crippen LogP contribution in [0.5, 0.6) is 5.75 Å². The fraction of sp³-hybridized carbons (Fsp3) is 0.273. The monoisotopic (exact) mass is 235 g/mol. The Bertz CT molecular complexity index is 498. The second-order valence-corrected chi connectivity index (χ2v) is 3.48. The molecule has 90 valence electrons. The molecule has 0 aliphatic carbocycles. The number of ether oxygens (including phenoxy) is 1. The molecule has 0 aliphatic rings. The van der Waals surface area contributed by atoms with Crippen molar-refractivity contribution in [1.82, 2.24) is 10.1 Å². The van der Waals surface area contributed by atoms with Gasteiger partial charge in [-0.2, -0.15) is 4.98 Å². The zero-order valence-electron chi connectivity index (χ0n) is 9.33. The summed E-state index contributed by atoms with van der Waals surface area (Å²) >= 11 is 0. The molecule has 0 bridgehead atoms. The third-order valence-electron chi connectivity index (χ3n) is 2.28. The molecule has 17 heavy (non-hydrogen) atoms. The van der Waals surface area contributed by atoms with Crippen molar-refractivity contribution >= 4 is 0 Å². The van der Waals surface area contributed by atoms with Crippen molar-refractivity contribution in [3.05, 3.63) is 30.2 Å². The van der Waals surface area contributed by atoms with E-state index in [2.05, 4.69) is 10.1 Å². The minimum absolute atomic E-state index is 0.213. The van der Waals surface area contributed by atoms with E-state index in [1.165, 1.54) is 0 Å². The van der Waals surface area contributed by atoms with Gasteiger partial charge in [0.2, 0.25) is 11.7 Å². The van der Waals surface area contributed by atoms with Crippen LogP contribution in [0.2, 0.25) is 0 Å². The molecule has 0 saturated carbocycles. The molecular weight excluding hydrogens is 222 g/mol. The van der Waals surface area contributed by atoms with Gasteiger partial charge in [0.1, 0.15) is 11.8 Å². The average molecular weight is 235 g/mol. The Kier molecular flexibility index (Phi) is 3.36. The second kappa shape index (κ2) is 4.94. The molecule has 1 aromatic carbocycles. The first-order chi connectivity index (χ1) is 8.24. The van der Waals surface area contributed by atoms with Crippen LogP contribution in [0.1, 0.15) is 11.9 Å². The first-order valence-corrected chi connectivity index (χ1v) is 5.09. The topological polar surface area (TPSA) is 94.4 Å². The number of nitrogens with two attached hydrogens (primary N) is 1. The fourth-order valence-electron chi connectivity index (χ4n) is 1.34. The van der Waals surface area contributed by atoms with Gasteiger partial charge in [0.25, 0.3) is 0 Å². The van der Waals surface area contributed by atoms with Crippen LogP contribution in [0.15, 0.2) is 28.8 Å². The molecule has 0 amide bonds. The third-order valence-corrected chi connectivity index (χ3v) is 2.28. The van der Waals surface area contributed by atoms with Crippen LogP contribution in [-0.2, 0) is 0 Å². The van der Waals surface area contributed by atoms with Crippen molar-refractivity contribution in [3.63, 3.8) is 0 Å². The molecule has 0 unspecified atom stereocenters. The molecule has 2 rings (SSSR count). The van der Waals surface area contributed by atoms with Gasteiger partial charge in [-0.3, -0.25) is 0 Å². The first-order valence-electron chi connectivity index (χ1n) is 5.09. The molecule has 1 atom stereocenters. The van der Waals surface area contributed by atoms with Crippen molar-refractivity contribution < 1.29 is 14.4 Å². The maximum absolute atomic E-state index is 8.88. The highest BCUT2D eigenvalue weighted by atomic mass is 16.5. The highest BCUT2D eigenvalue weighted by molar-refractivity contribution is 5.56. The van der Waals surface area contributed by atoms with Crippen LogP contribution in [0.4, 0.5) is 0 Å². The van der Waals surface area contributed by atoms with Crippen molar-refractivity contribution in [1.29, 1.82) is 0 Å². The van der Waals surface area contributed by atoms with E-state index in [-0.39, 0.29) is 12.5 Å². The second-order valence-electron chi connectivity index (χ2n) is 3.48. The Morgan fingerprint density at radius 2 is 2.35 bits per heavy atom. The number of methoxy groups -OCH3 is 1. The van der Waals surface area contributed by atoms with Crippen molar-refractivity contribution in [2.45, 2.75) is 6.04 Å². The summed E-state index contributed by atoms with van der Waals surface area (Å²) in [6.45, 7) is -0.236. The normalized spacial score (nSPS) is 12.4. The predicted molar refractivity (Wildman–Crippen MR) is 60.3 cm³/mol. The van der Waals surface area contributed by atoms with Crippen molar-refractivity contribution in [2.75, 3.05) is 13.7 Å². The standard InChI is InChI=1S/C11H13N3O3/c1-16-8-4-2-3-7(5-8)10-13-11(17-14-10)9(12)6-15/h2-5,9,15H,6,12H2,1H3/t9-/m0/s1. The van der Waals surface area contributed by atoms with Gasteiger partial charge in [-0.05, 0) is 12.1 Å². The zero-order chi connectivity index (χ0) is 12.3. The number of hydrogen-bond acceptors (Lipinski definition) is 6. The molecule has 0 aliphatic heterocycles. The molecule has 6 nitrogen and oxygen atoms in total. The Morgan fingerprint density at radius 3 is 3.06 bits per heavy atom. The molecule has 6 heteroatoms. The maximum Gasteiger partial charge on any atom is 0.246 e. The summed E-state index contributed by atoms with van der Waals surface area (Å²) in [6, 6.07) is 6.63. The van der Waals surface area contributed by atoms with Gasteiger partial charge in [-0.1, -0.05) is 17.3 Å². The van der Waals surface area contributed by atoms with Gasteiger partial charge in [0.05, 0.1) is 13.7 Å². The van der Waals surface area contributed by atoms with E-state index in [1.54, 1.807) is 13.2 Å². The highest BCUT2D eigenvalue weighted by Crippen LogP contribution is 2.22. The van der Waals surface area contributed by atoms with Crippen molar-refractivity contribution in [2.24, 2.45) is 5.73 Å². The van der Waals surface area contributed by atoms with Crippen LogP contribution in [0.25, 0.3) is 11.4 Å². The molecule has 1 heterocycles. The van der Waals surface area contributed by atoms with Crippen molar-refractivity contribution in [3.8, 4) is 17.1 Å². The minimum Gasteiger partial charge on any atom is -0.497 e. The number of hydrogen-bond donors (Lipinski definition) is 2. The van der Waals surface area contributed by atoms with E-state index in [0.29, 0.717) is 11.6 Å². The summed E-state index contributed by atoms with van der Waals surface area (Å²) < 4.78 is 10.1. The zero-order valence-corrected chi connectivity index (χ0v) is 9.33. The van der Waals surface area contributed by atoms with E-state index >= 15 is 0 Å². The smallest absolute Gasteiger partial charge is 0.246 e. The summed E-state index contributed by atoms with van der Waals surface area (Å²) in [6.07, 6.45) is 0. The number of aliphatic hydroxyl groups excluding tert-OH is 1. The summed E-state index contributed by atoms with van der Waals surface area (Å²) in [5.41, 5.74) is 6.34. The lowest BCUT2D eigenvalue weighted by molar-refractivity contribution is 0.237. The largest absolute Gasteiger partial charge is 0.497 e. The number of aliphatic hydroxyl groups is 1. The quantitative estimate of drug-likeness (QED) is 0.811. The molecule has 2 aromatic rings. The molecular formula is C11H13N3O3. The summed E-state index contributed by atoms with van der Waals surface area (Å²) in [5, 5.41) is 12.7. The van der Waals surface area contributed by atoms with Crippen LogP contribution in [0, 0.1) is 0 Å². The van der Waals surface area contributed by atoms with Gasteiger partial charge in [0, 0.05) is 5.56 Å². The van der Waals surface area contributed by atoms with Gasteiger partial charge < -0.3 is 20.1 Å². The third kappa shape index (κ3) is 2.43. The SMILES string of the molecule is COc1cccc(-c2noc([C@@H](N)CO)n2)c1. The summed E-state index contributed by atoms with van der Waals surface area (Å²) in [5.74, 6) is 1.34. The van der Waals surface area contributed by atoms with E-state index in [1.807, 2.05) is 18.2 Å². The van der Waals surface area contributed by atoms with Gasteiger partial charge >= 0.3 is 0 Å². The molecule has 1 aromatic heterocycles. The lowest BCUT2D eigenvalue weighted by Crippen LogP contribution is -2.14. The predicted octanol–water partition coefficient (Wildman–Crippen LogP) is 0.737. The molecule has 0 radical (unpaired) electrons. The van der Waals surface area contributed by atoms with Crippen LogP contribution >= 0.6 is 0 Å². The summed E-state index contributed by atoms with van der Waals surface area (Å²) in [4.78, 5) is 4.11. The average Bonchev–Trinajstić information content (AvgIpc) is 2.87. The lowest BCUT2D eigenvalue weighted by Gasteiger charge is -2.00. The Hall–Kier alpha value is -1.92. The molecule has 3 N–H and O–H groups in total. The van der Waals surface area contributed by atoms with Gasteiger partial charge in [0.15, 0.2) is 0 Å². The number of benzene rings is 1. The first kappa shape index (κ1) is 11.6. The van der Waals surface area contributed by atoms with E-state index < -0.39 is 6.04 Å². The highest BCUT2D eigenvalue weighted by Gasteiger charge is 2.14. The van der Waals surface area contributed by atoms with Crippen LogP contribution in [-0.4, -0.2) is 29.0 Å². The number of nitrogens with zero attached hydrogens (tertiary/aromatic N) is 2. The van der Waals surface area contributed by atoms with Crippen LogP contribution < -0.4 is 10.5 Å². The van der Waals surface area contributed by atoms with Gasteiger partial charge in [-0.25, -0.2) is 0 Å². The van der Waals surface area contributed by atoms with Gasteiger partial charge in [-0.15, -0.1) is 0 Å². The summed E-state index contributed by atoms with van der Waals surface area (Å²) in [7, 11) is 1.59. The molecule has 0 fully saturated rings. The van der Waals surface area contributed by atoms with E-state index in [9.17, 15) is 0 Å². The van der Waals surface area contributed by atoms with E-state index in [0.717, 1.165) is 5.56 Å². The molecule has 0 saturated heterocycles.